The highest BCUT2D eigenvalue weighted by molar-refractivity contribution is 5.97. The molecule has 10 heteroatoms. The molecule has 0 unspecified atom stereocenters. The van der Waals surface area contributed by atoms with Crippen LogP contribution in [0.1, 0.15) is 28.8 Å². The number of aromatic nitrogens is 6. The van der Waals surface area contributed by atoms with Crippen LogP contribution in [-0.4, -0.2) is 65.4 Å². The van der Waals surface area contributed by atoms with Gasteiger partial charge in [-0.3, -0.25) is 14.8 Å². The molecule has 0 saturated carbocycles. The Morgan fingerprint density at radius 1 is 1.41 bits per heavy atom. The first-order chi connectivity index (χ1) is 13.2. The van der Waals surface area contributed by atoms with E-state index >= 15 is 0 Å². The molecule has 1 amide bonds. The molecule has 1 fully saturated rings. The first-order valence-electron chi connectivity index (χ1n) is 8.77. The third-order valence-electron chi connectivity index (χ3n) is 4.60. The van der Waals surface area contributed by atoms with Crippen molar-refractivity contribution in [2.75, 3.05) is 13.1 Å². The predicted molar refractivity (Wildman–Crippen MR) is 95.2 cm³/mol. The normalized spacial score (nSPS) is 17.7. The lowest BCUT2D eigenvalue weighted by Crippen LogP contribution is -2.47. The van der Waals surface area contributed by atoms with E-state index < -0.39 is 0 Å². The quantitative estimate of drug-likeness (QED) is 0.598. The number of aromatic amines is 1. The number of nitrogens with one attached hydrogen (secondary N) is 2. The van der Waals surface area contributed by atoms with Gasteiger partial charge in [0.2, 0.25) is 0 Å². The largest absolute Gasteiger partial charge is 0.508 e. The summed E-state index contributed by atoms with van der Waals surface area (Å²) in [5, 5.41) is 30.3. The summed E-state index contributed by atoms with van der Waals surface area (Å²) < 4.78 is 1.37. The zero-order chi connectivity index (χ0) is 18.6. The number of aromatic hydroxyl groups is 1. The van der Waals surface area contributed by atoms with E-state index in [2.05, 4.69) is 35.9 Å². The van der Waals surface area contributed by atoms with Gasteiger partial charge in [-0.25, -0.2) is 0 Å². The van der Waals surface area contributed by atoms with Crippen LogP contribution in [0.25, 0.3) is 5.82 Å². The zero-order valence-electron chi connectivity index (χ0n) is 14.6. The third kappa shape index (κ3) is 3.95. The number of phenolic OH excluding ortho intramolecular Hbond substituents is 1. The molecule has 140 valence electrons. The molecule has 1 aliphatic heterocycles. The molecule has 10 nitrogen and oxygen atoms in total. The van der Waals surface area contributed by atoms with Crippen LogP contribution in [-0.2, 0) is 6.54 Å². The molecule has 0 radical (unpaired) electrons. The fraction of sp³-hybridized carbons (Fsp3) is 0.353. The second kappa shape index (κ2) is 7.54. The molecule has 1 aliphatic rings. The molecular formula is C17H20N8O2. The number of likely N-dealkylation sites (tertiary alicyclic amines) is 1. The van der Waals surface area contributed by atoms with E-state index in [1.807, 2.05) is 12.1 Å². The number of amides is 1. The minimum absolute atomic E-state index is 0.0418. The van der Waals surface area contributed by atoms with Gasteiger partial charge in [-0.15, -0.1) is 5.10 Å². The number of benzene rings is 1. The van der Waals surface area contributed by atoms with Gasteiger partial charge in [0.25, 0.3) is 5.91 Å². The average Bonchev–Trinajstić information content (AvgIpc) is 3.33. The minimum Gasteiger partial charge on any atom is -0.508 e. The van der Waals surface area contributed by atoms with Crippen molar-refractivity contribution in [1.29, 1.82) is 0 Å². The van der Waals surface area contributed by atoms with Crippen LogP contribution in [0.4, 0.5) is 0 Å². The van der Waals surface area contributed by atoms with Crippen molar-refractivity contribution in [2.45, 2.75) is 25.4 Å². The Bertz CT molecular complexity index is 907. The van der Waals surface area contributed by atoms with Crippen LogP contribution in [0.15, 0.2) is 36.8 Å². The molecule has 3 N–H and O–H groups in total. The summed E-state index contributed by atoms with van der Waals surface area (Å²) in [5.74, 6) is 0.493. The van der Waals surface area contributed by atoms with Crippen LogP contribution in [0.2, 0.25) is 0 Å². The molecule has 3 heterocycles. The summed E-state index contributed by atoms with van der Waals surface area (Å²) in [4.78, 5) is 15.0. The summed E-state index contributed by atoms with van der Waals surface area (Å²) in [7, 11) is 0. The van der Waals surface area contributed by atoms with Crippen molar-refractivity contribution in [3.8, 4) is 11.6 Å². The molecular weight excluding hydrogens is 348 g/mol. The smallest absolute Gasteiger partial charge is 0.257 e. The number of piperidine rings is 1. The number of carbonyl (C=O) groups is 1. The van der Waals surface area contributed by atoms with E-state index in [1.54, 1.807) is 12.1 Å². The summed E-state index contributed by atoms with van der Waals surface area (Å²) in [6.07, 6.45) is 4.79. The van der Waals surface area contributed by atoms with Crippen molar-refractivity contribution >= 4 is 5.91 Å². The lowest BCUT2D eigenvalue weighted by molar-refractivity contribution is 0.0900. The van der Waals surface area contributed by atoms with Crippen LogP contribution < -0.4 is 5.32 Å². The highest BCUT2D eigenvalue weighted by Crippen LogP contribution is 2.17. The molecule has 2 aromatic heterocycles. The molecule has 27 heavy (non-hydrogen) atoms. The van der Waals surface area contributed by atoms with Gasteiger partial charge in [0.15, 0.2) is 5.82 Å². The Kier molecular flexibility index (Phi) is 4.79. The number of hydrogen-bond donors (Lipinski definition) is 3. The first-order valence-corrected chi connectivity index (χ1v) is 8.77. The molecule has 1 saturated heterocycles. The van der Waals surface area contributed by atoms with Gasteiger partial charge in [0, 0.05) is 19.1 Å². The van der Waals surface area contributed by atoms with Crippen LogP contribution in [0.3, 0.4) is 0 Å². The topological polar surface area (TPSA) is 125 Å². The second-order valence-corrected chi connectivity index (χ2v) is 6.60. The Morgan fingerprint density at radius 2 is 2.33 bits per heavy atom. The molecule has 1 atom stereocenters. The Morgan fingerprint density at radius 3 is 3.15 bits per heavy atom. The maximum Gasteiger partial charge on any atom is 0.257 e. The van der Waals surface area contributed by atoms with Crippen LogP contribution in [0.5, 0.6) is 5.75 Å². The van der Waals surface area contributed by atoms with E-state index in [1.165, 1.54) is 17.2 Å². The summed E-state index contributed by atoms with van der Waals surface area (Å²) in [6.45, 7) is 2.45. The highest BCUT2D eigenvalue weighted by atomic mass is 16.3. The van der Waals surface area contributed by atoms with Crippen molar-refractivity contribution in [2.24, 2.45) is 0 Å². The van der Waals surface area contributed by atoms with Gasteiger partial charge in [-0.2, -0.15) is 9.78 Å². The van der Waals surface area contributed by atoms with E-state index in [-0.39, 0.29) is 17.7 Å². The highest BCUT2D eigenvalue weighted by Gasteiger charge is 2.24. The van der Waals surface area contributed by atoms with Gasteiger partial charge in [-0.05, 0) is 47.5 Å². The SMILES string of the molecule is O=C(N[C@@H]1CCCN(Cc2cccc(O)c2)C1)c1cn[nH]c1-n1cnnn1. The lowest BCUT2D eigenvalue weighted by atomic mass is 10.0. The maximum atomic E-state index is 12.7. The second-order valence-electron chi connectivity index (χ2n) is 6.60. The van der Waals surface area contributed by atoms with E-state index in [0.29, 0.717) is 11.4 Å². The van der Waals surface area contributed by atoms with E-state index in [0.717, 1.165) is 38.0 Å². The molecule has 3 aromatic rings. The number of H-pyrrole nitrogens is 1. The average molecular weight is 368 g/mol. The fourth-order valence-corrected chi connectivity index (χ4v) is 3.38. The minimum atomic E-state index is -0.210. The number of carbonyl (C=O) groups excluding carboxylic acids is 1. The molecule has 4 rings (SSSR count). The van der Waals surface area contributed by atoms with Gasteiger partial charge < -0.3 is 10.4 Å². The summed E-state index contributed by atoms with van der Waals surface area (Å²) >= 11 is 0. The Labute approximate surface area is 155 Å². The van der Waals surface area contributed by atoms with Crippen molar-refractivity contribution in [3.05, 3.63) is 47.9 Å². The first kappa shape index (κ1) is 17.2. The summed E-state index contributed by atoms with van der Waals surface area (Å²) in [6, 6.07) is 7.31. The number of rotatable bonds is 5. The lowest BCUT2D eigenvalue weighted by Gasteiger charge is -2.33. The maximum absolute atomic E-state index is 12.7. The molecule has 0 bridgehead atoms. The zero-order valence-corrected chi connectivity index (χ0v) is 14.6. The van der Waals surface area contributed by atoms with Gasteiger partial charge >= 0.3 is 0 Å². The Hall–Kier alpha value is -3.27. The van der Waals surface area contributed by atoms with Gasteiger partial charge in [0.05, 0.1) is 6.20 Å². The monoisotopic (exact) mass is 368 g/mol. The summed E-state index contributed by atoms with van der Waals surface area (Å²) in [5.41, 5.74) is 1.45. The van der Waals surface area contributed by atoms with Gasteiger partial charge in [-0.1, -0.05) is 12.1 Å². The van der Waals surface area contributed by atoms with E-state index in [4.69, 9.17) is 0 Å². The number of tetrazole rings is 1. The Balaban J connectivity index is 1.39. The molecule has 0 aliphatic carbocycles. The fourth-order valence-electron chi connectivity index (χ4n) is 3.38. The molecule has 0 spiro atoms. The molecule has 1 aromatic carbocycles. The number of phenols is 1. The standard InChI is InChI=1S/C17H20N8O2/c26-14-5-1-3-12(7-14)9-24-6-2-4-13(10-24)20-17(27)15-8-18-21-16(15)25-11-19-22-23-25/h1,3,5,7-8,11,13,26H,2,4,6,9-10H2,(H,18,21)(H,20,27)/t13-/m1/s1. The van der Waals surface area contributed by atoms with Crippen molar-refractivity contribution in [3.63, 3.8) is 0 Å². The number of hydrogen-bond acceptors (Lipinski definition) is 7. The van der Waals surface area contributed by atoms with Crippen LogP contribution >= 0.6 is 0 Å². The number of nitrogens with zero attached hydrogens (tertiary/aromatic N) is 6. The van der Waals surface area contributed by atoms with Crippen LogP contribution in [0, 0.1) is 0 Å². The van der Waals surface area contributed by atoms with Crippen molar-refractivity contribution < 1.29 is 9.90 Å². The predicted octanol–water partition coefficient (Wildman–Crippen LogP) is 0.485. The van der Waals surface area contributed by atoms with E-state index in [9.17, 15) is 9.90 Å². The van der Waals surface area contributed by atoms with Gasteiger partial charge in [0.1, 0.15) is 17.6 Å². The van der Waals surface area contributed by atoms with Crippen molar-refractivity contribution in [1.82, 2.24) is 40.6 Å². The third-order valence-corrected chi connectivity index (χ3v) is 4.60.